The van der Waals surface area contributed by atoms with E-state index >= 15 is 0 Å². The Morgan fingerprint density at radius 3 is 2.90 bits per heavy atom. The molecule has 3 aromatic heterocycles. The van der Waals surface area contributed by atoms with Crippen LogP contribution in [0.25, 0.3) is 11.2 Å². The van der Waals surface area contributed by atoms with Crippen molar-refractivity contribution >= 4 is 51.0 Å². The van der Waals surface area contributed by atoms with Crippen molar-refractivity contribution in [2.24, 2.45) is 5.92 Å². The quantitative estimate of drug-likeness (QED) is 0.609. The van der Waals surface area contributed by atoms with Gasteiger partial charge in [-0.15, -0.1) is 0 Å². The van der Waals surface area contributed by atoms with Gasteiger partial charge in [0, 0.05) is 18.4 Å². The zero-order chi connectivity index (χ0) is 20.0. The van der Waals surface area contributed by atoms with E-state index < -0.39 is 0 Å². The second-order valence-corrected chi connectivity index (χ2v) is 8.81. The number of nitrogens with one attached hydrogen (secondary N) is 1. The van der Waals surface area contributed by atoms with Crippen LogP contribution in [0.5, 0.6) is 0 Å². The van der Waals surface area contributed by atoms with E-state index in [1.165, 1.54) is 11.3 Å². The number of imidazole rings is 1. The predicted molar refractivity (Wildman–Crippen MR) is 110 cm³/mol. The van der Waals surface area contributed by atoms with Crippen molar-refractivity contribution in [2.45, 2.75) is 44.8 Å². The molecule has 0 spiro atoms. The third-order valence-electron chi connectivity index (χ3n) is 5.61. The maximum atomic E-state index is 12.7. The summed E-state index contributed by atoms with van der Waals surface area (Å²) in [5.41, 5.74) is 8.15. The third kappa shape index (κ3) is 3.56. The number of hydrogen-bond acceptors (Lipinski definition) is 8. The van der Waals surface area contributed by atoms with Crippen molar-refractivity contribution in [3.8, 4) is 0 Å². The SMILES string of the molecule is Nc1nc(Cl)nc2c1ncn2C1CCC(C(=O)Nc2nc3c(s2)COCC3)CC1. The molecule has 1 aliphatic carbocycles. The smallest absolute Gasteiger partial charge is 0.229 e. The van der Waals surface area contributed by atoms with E-state index in [4.69, 9.17) is 22.1 Å². The molecule has 1 saturated carbocycles. The summed E-state index contributed by atoms with van der Waals surface area (Å²) in [5.74, 6) is 0.297. The van der Waals surface area contributed by atoms with Gasteiger partial charge in [-0.3, -0.25) is 4.79 Å². The first kappa shape index (κ1) is 18.7. The fourth-order valence-electron chi connectivity index (χ4n) is 4.08. The monoisotopic (exact) mass is 433 g/mol. The lowest BCUT2D eigenvalue weighted by Gasteiger charge is -2.28. The van der Waals surface area contributed by atoms with E-state index in [9.17, 15) is 4.79 Å². The van der Waals surface area contributed by atoms with Crippen LogP contribution in [0, 0.1) is 5.92 Å². The number of ether oxygens (including phenoxy) is 1. The summed E-state index contributed by atoms with van der Waals surface area (Å²) in [7, 11) is 0. The number of thiazole rings is 1. The molecule has 0 saturated heterocycles. The number of nitrogens with two attached hydrogens (primary N) is 1. The lowest BCUT2D eigenvalue weighted by Crippen LogP contribution is -2.28. The molecule has 11 heteroatoms. The molecular formula is C18H20ClN7O2S. The lowest BCUT2D eigenvalue weighted by atomic mass is 9.85. The van der Waals surface area contributed by atoms with Gasteiger partial charge < -0.3 is 20.4 Å². The minimum absolute atomic E-state index is 0.0264. The van der Waals surface area contributed by atoms with Crippen LogP contribution in [0.1, 0.15) is 42.3 Å². The summed E-state index contributed by atoms with van der Waals surface area (Å²) >= 11 is 7.47. The molecule has 0 bridgehead atoms. The maximum absolute atomic E-state index is 12.7. The second-order valence-electron chi connectivity index (χ2n) is 7.39. The standard InChI is InChI=1S/C18H20ClN7O2S/c19-17-23-14(20)13-15(24-17)26(8-21-13)10-3-1-9(2-4-10)16(27)25-18-22-11-5-6-28-7-12(11)29-18/h8-10H,1-7H2,(H2,20,23,24)(H,22,25,27). The van der Waals surface area contributed by atoms with Gasteiger partial charge in [-0.25, -0.2) is 9.97 Å². The molecule has 0 aromatic carbocycles. The molecule has 29 heavy (non-hydrogen) atoms. The van der Waals surface area contributed by atoms with Crippen LogP contribution in [0.3, 0.4) is 0 Å². The Bertz CT molecular complexity index is 1050. The highest BCUT2D eigenvalue weighted by Gasteiger charge is 2.29. The predicted octanol–water partition coefficient (Wildman–Crippen LogP) is 2.96. The van der Waals surface area contributed by atoms with Crippen molar-refractivity contribution in [3.05, 3.63) is 22.2 Å². The van der Waals surface area contributed by atoms with Crippen LogP contribution in [-0.2, 0) is 22.6 Å². The first-order chi connectivity index (χ1) is 14.1. The maximum Gasteiger partial charge on any atom is 0.229 e. The van der Waals surface area contributed by atoms with Gasteiger partial charge in [0.05, 0.1) is 30.1 Å². The van der Waals surface area contributed by atoms with Gasteiger partial charge in [-0.2, -0.15) is 9.97 Å². The van der Waals surface area contributed by atoms with E-state index in [-0.39, 0.29) is 29.0 Å². The van der Waals surface area contributed by atoms with Crippen LogP contribution in [0.15, 0.2) is 6.33 Å². The molecule has 152 valence electrons. The topological polar surface area (TPSA) is 121 Å². The van der Waals surface area contributed by atoms with Crippen molar-refractivity contribution in [3.63, 3.8) is 0 Å². The van der Waals surface area contributed by atoms with Gasteiger partial charge in [0.1, 0.15) is 5.52 Å². The fourth-order valence-corrected chi connectivity index (χ4v) is 5.20. The van der Waals surface area contributed by atoms with E-state index in [1.54, 1.807) is 6.33 Å². The van der Waals surface area contributed by atoms with Crippen molar-refractivity contribution in [2.75, 3.05) is 17.7 Å². The molecule has 1 aliphatic heterocycles. The number of carbonyl (C=O) groups excluding carboxylic acids is 1. The van der Waals surface area contributed by atoms with Gasteiger partial charge in [0.25, 0.3) is 0 Å². The van der Waals surface area contributed by atoms with Crippen LogP contribution in [-0.4, -0.2) is 37.0 Å². The molecule has 3 N–H and O–H groups in total. The van der Waals surface area contributed by atoms with E-state index in [0.29, 0.717) is 29.5 Å². The summed E-state index contributed by atoms with van der Waals surface area (Å²) in [6.45, 7) is 1.28. The third-order valence-corrected chi connectivity index (χ3v) is 6.76. The minimum atomic E-state index is -0.0264. The van der Waals surface area contributed by atoms with Crippen LogP contribution < -0.4 is 11.1 Å². The number of anilines is 2. The number of halogens is 1. The Hall–Kier alpha value is -2.30. The average Bonchev–Trinajstić information content (AvgIpc) is 3.31. The highest BCUT2D eigenvalue weighted by Crippen LogP contribution is 2.35. The number of nitrogens with zero attached hydrogens (tertiary/aromatic N) is 5. The Labute approximate surface area is 175 Å². The zero-order valence-corrected chi connectivity index (χ0v) is 17.2. The van der Waals surface area contributed by atoms with Crippen molar-refractivity contribution in [1.82, 2.24) is 24.5 Å². The summed E-state index contributed by atoms with van der Waals surface area (Å²) < 4.78 is 7.45. The number of hydrogen-bond donors (Lipinski definition) is 2. The van der Waals surface area contributed by atoms with Gasteiger partial charge in [-0.1, -0.05) is 11.3 Å². The molecule has 3 aromatic rings. The number of carbonyl (C=O) groups is 1. The molecule has 1 fully saturated rings. The van der Waals surface area contributed by atoms with Gasteiger partial charge >= 0.3 is 0 Å². The molecule has 5 rings (SSSR count). The summed E-state index contributed by atoms with van der Waals surface area (Å²) in [4.78, 5) is 31.0. The first-order valence-corrected chi connectivity index (χ1v) is 10.8. The van der Waals surface area contributed by atoms with Crippen LogP contribution >= 0.6 is 22.9 Å². The highest BCUT2D eigenvalue weighted by molar-refractivity contribution is 7.15. The number of fused-ring (bicyclic) bond motifs is 2. The van der Waals surface area contributed by atoms with E-state index in [1.807, 2.05) is 4.57 Å². The molecule has 1 amide bonds. The molecular weight excluding hydrogens is 414 g/mol. The first-order valence-electron chi connectivity index (χ1n) is 9.61. The number of nitrogen functional groups attached to an aromatic ring is 1. The number of aromatic nitrogens is 5. The second kappa shape index (κ2) is 7.51. The number of rotatable bonds is 3. The Morgan fingerprint density at radius 2 is 2.10 bits per heavy atom. The Morgan fingerprint density at radius 1 is 1.28 bits per heavy atom. The summed E-state index contributed by atoms with van der Waals surface area (Å²) in [6, 6.07) is 0.207. The van der Waals surface area contributed by atoms with Crippen LogP contribution in [0.4, 0.5) is 10.9 Å². The Balaban J connectivity index is 1.25. The van der Waals surface area contributed by atoms with E-state index in [0.717, 1.165) is 42.7 Å². The molecule has 4 heterocycles. The van der Waals surface area contributed by atoms with Gasteiger partial charge in [-0.05, 0) is 37.3 Å². The highest BCUT2D eigenvalue weighted by atomic mass is 35.5. The molecule has 9 nitrogen and oxygen atoms in total. The molecule has 0 atom stereocenters. The molecule has 0 radical (unpaired) electrons. The normalized spacial score (nSPS) is 21.8. The zero-order valence-electron chi connectivity index (χ0n) is 15.6. The van der Waals surface area contributed by atoms with Crippen molar-refractivity contribution < 1.29 is 9.53 Å². The fraction of sp³-hybridized carbons (Fsp3) is 0.500. The largest absolute Gasteiger partial charge is 0.382 e. The molecule has 2 aliphatic rings. The lowest BCUT2D eigenvalue weighted by molar-refractivity contribution is -0.120. The van der Waals surface area contributed by atoms with Crippen molar-refractivity contribution in [1.29, 1.82) is 0 Å². The molecule has 0 unspecified atom stereocenters. The van der Waals surface area contributed by atoms with Gasteiger partial charge in [0.2, 0.25) is 11.2 Å². The number of amides is 1. The average molecular weight is 434 g/mol. The summed E-state index contributed by atoms with van der Waals surface area (Å²) in [6.07, 6.45) is 5.83. The minimum Gasteiger partial charge on any atom is -0.382 e. The van der Waals surface area contributed by atoms with Gasteiger partial charge in [0.15, 0.2) is 16.6 Å². The van der Waals surface area contributed by atoms with Crippen LogP contribution in [0.2, 0.25) is 5.28 Å². The van der Waals surface area contributed by atoms with E-state index in [2.05, 4.69) is 25.3 Å². The summed E-state index contributed by atoms with van der Waals surface area (Å²) in [5, 5.41) is 3.79. The Kier molecular flexibility index (Phi) is 4.84.